The number of rotatable bonds is 6. The number of nitrogens with two attached hydrogens (primary N) is 1. The smallest absolute Gasteiger partial charge is 0.283 e. The molecule has 0 spiro atoms. The number of nitrogens with one attached hydrogen (secondary N) is 1. The molecule has 0 radical (unpaired) electrons. The molecule has 0 aromatic heterocycles. The van der Waals surface area contributed by atoms with E-state index in [2.05, 4.69) is 9.71 Å². The number of fused-ring (bicyclic) bond motifs is 1. The van der Waals surface area contributed by atoms with Crippen LogP contribution in [0.1, 0.15) is 32.7 Å². The molecule has 0 bridgehead atoms. The van der Waals surface area contributed by atoms with Crippen LogP contribution >= 0.6 is 0 Å². The second kappa shape index (κ2) is 7.77. The number of allylic oxidation sites excluding steroid dienone is 2. The highest BCUT2D eigenvalue weighted by Gasteiger charge is 2.24. The van der Waals surface area contributed by atoms with Gasteiger partial charge in [-0.1, -0.05) is 42.0 Å². The Balaban J connectivity index is 1.65. The topological polar surface area (TPSA) is 119 Å². The molecule has 0 unspecified atom stereocenters. The zero-order valence-electron chi connectivity index (χ0n) is 15.2. The first-order valence-corrected chi connectivity index (χ1v) is 10.0. The fourth-order valence-electron chi connectivity index (χ4n) is 2.73. The van der Waals surface area contributed by atoms with Gasteiger partial charge in [0, 0.05) is 30.2 Å². The molecular weight excluding hydrogens is 378 g/mol. The van der Waals surface area contributed by atoms with Crippen molar-refractivity contribution in [2.45, 2.75) is 18.2 Å². The molecule has 8 heteroatoms. The Kier molecular flexibility index (Phi) is 5.41. The van der Waals surface area contributed by atoms with E-state index in [0.717, 1.165) is 5.56 Å². The van der Waals surface area contributed by atoms with Crippen LogP contribution in [-0.2, 0) is 10.0 Å². The molecule has 0 saturated carbocycles. The average molecular weight is 397 g/mol. The Bertz CT molecular complexity index is 1100. The van der Waals surface area contributed by atoms with Gasteiger partial charge < -0.3 is 11.1 Å². The second-order valence-corrected chi connectivity index (χ2v) is 7.95. The van der Waals surface area contributed by atoms with Crippen LogP contribution in [0.5, 0.6) is 0 Å². The lowest BCUT2D eigenvalue weighted by Crippen LogP contribution is -2.29. The Labute approximate surface area is 163 Å². The summed E-state index contributed by atoms with van der Waals surface area (Å²) in [5.41, 5.74) is 7.52. The molecule has 0 saturated heterocycles. The van der Waals surface area contributed by atoms with Crippen molar-refractivity contribution in [1.29, 1.82) is 0 Å². The molecule has 0 aliphatic heterocycles. The van der Waals surface area contributed by atoms with E-state index in [-0.39, 0.29) is 41.0 Å². The molecule has 0 fully saturated rings. The Hall–Kier alpha value is -3.26. The molecule has 3 N–H and O–H groups in total. The average Bonchev–Trinajstić information content (AvgIpc) is 2.65. The standard InChI is InChI=1S/C20H19N3O4S/c1-13-6-8-14(9-7-13)28(26,27)23-19(21)10-11-22-17-12-18(24)15-4-2-3-5-16(15)20(17)25/h2-9,12,22H,10-11H2,1H3,(H2,21,23). The van der Waals surface area contributed by atoms with Gasteiger partial charge >= 0.3 is 0 Å². The SMILES string of the molecule is Cc1ccc(S(=O)(=O)N=C(N)CCNC2=CC(=O)c3ccccc3C2=O)cc1. The first kappa shape index (κ1) is 19.5. The van der Waals surface area contributed by atoms with Gasteiger partial charge in [-0.3, -0.25) is 9.59 Å². The zero-order valence-corrected chi connectivity index (χ0v) is 16.0. The molecule has 144 valence electrons. The van der Waals surface area contributed by atoms with Gasteiger partial charge in [-0.05, 0) is 19.1 Å². The third-order valence-electron chi connectivity index (χ3n) is 4.21. The van der Waals surface area contributed by atoms with Crippen molar-refractivity contribution in [2.75, 3.05) is 6.54 Å². The molecule has 3 rings (SSSR count). The van der Waals surface area contributed by atoms with E-state index in [4.69, 9.17) is 5.73 Å². The number of hydrogen-bond donors (Lipinski definition) is 2. The van der Waals surface area contributed by atoms with Crippen LogP contribution in [-0.4, -0.2) is 32.4 Å². The first-order chi connectivity index (χ1) is 13.3. The summed E-state index contributed by atoms with van der Waals surface area (Å²) in [6.07, 6.45) is 1.33. The third-order valence-corrected chi connectivity index (χ3v) is 5.55. The number of carbonyl (C=O) groups excluding carboxylic acids is 2. The molecule has 1 aliphatic carbocycles. The maximum atomic E-state index is 12.4. The molecule has 0 heterocycles. The summed E-state index contributed by atoms with van der Waals surface area (Å²) in [5.74, 6) is -0.650. The minimum Gasteiger partial charge on any atom is -0.386 e. The number of aryl methyl sites for hydroxylation is 1. The third kappa shape index (κ3) is 4.17. The van der Waals surface area contributed by atoms with Crippen molar-refractivity contribution in [3.05, 3.63) is 77.0 Å². The lowest BCUT2D eigenvalue weighted by Gasteiger charge is -2.16. The van der Waals surface area contributed by atoms with Crippen LogP contribution in [0.3, 0.4) is 0 Å². The Morgan fingerprint density at radius 1 is 1.04 bits per heavy atom. The van der Waals surface area contributed by atoms with Crippen molar-refractivity contribution >= 4 is 27.4 Å². The molecule has 7 nitrogen and oxygen atoms in total. The van der Waals surface area contributed by atoms with E-state index in [1.807, 2.05) is 6.92 Å². The number of Topliss-reactive ketones (excluding diaryl/α,β-unsaturated/α-hetero) is 1. The highest BCUT2D eigenvalue weighted by molar-refractivity contribution is 7.90. The van der Waals surface area contributed by atoms with Crippen molar-refractivity contribution in [3.63, 3.8) is 0 Å². The van der Waals surface area contributed by atoms with Gasteiger partial charge in [0.1, 0.15) is 5.84 Å². The van der Waals surface area contributed by atoms with Gasteiger partial charge in [0.05, 0.1) is 10.6 Å². The monoisotopic (exact) mass is 397 g/mol. The van der Waals surface area contributed by atoms with E-state index in [9.17, 15) is 18.0 Å². The maximum Gasteiger partial charge on any atom is 0.283 e. The van der Waals surface area contributed by atoms with Crippen LogP contribution in [0.25, 0.3) is 0 Å². The zero-order chi connectivity index (χ0) is 20.3. The molecule has 1 aliphatic rings. The maximum absolute atomic E-state index is 12.4. The summed E-state index contributed by atoms with van der Waals surface area (Å²) in [5, 5.41) is 2.84. The minimum atomic E-state index is -3.89. The minimum absolute atomic E-state index is 0.0568. The number of nitrogens with zero attached hydrogens (tertiary/aromatic N) is 1. The van der Waals surface area contributed by atoms with Crippen molar-refractivity contribution in [3.8, 4) is 0 Å². The van der Waals surface area contributed by atoms with E-state index < -0.39 is 10.0 Å². The van der Waals surface area contributed by atoms with Gasteiger partial charge in [0.25, 0.3) is 10.0 Å². The van der Waals surface area contributed by atoms with Crippen LogP contribution in [0, 0.1) is 6.92 Å². The summed E-state index contributed by atoms with van der Waals surface area (Å²) in [6.45, 7) is 2.01. The summed E-state index contributed by atoms with van der Waals surface area (Å²) in [4.78, 5) is 24.6. The molecule has 2 aromatic rings. The first-order valence-electron chi connectivity index (χ1n) is 8.57. The van der Waals surface area contributed by atoms with Gasteiger partial charge in [0.2, 0.25) is 5.78 Å². The van der Waals surface area contributed by atoms with Gasteiger partial charge in [-0.15, -0.1) is 4.40 Å². The van der Waals surface area contributed by atoms with Gasteiger partial charge in [0.15, 0.2) is 5.78 Å². The molecule has 28 heavy (non-hydrogen) atoms. The molecule has 0 atom stereocenters. The number of carbonyl (C=O) groups is 2. The highest BCUT2D eigenvalue weighted by atomic mass is 32.2. The summed E-state index contributed by atoms with van der Waals surface area (Å²) >= 11 is 0. The van der Waals surface area contributed by atoms with E-state index >= 15 is 0 Å². The lowest BCUT2D eigenvalue weighted by molar-refractivity contribution is 0.0978. The van der Waals surface area contributed by atoms with E-state index in [1.54, 1.807) is 36.4 Å². The predicted octanol–water partition coefficient (Wildman–Crippen LogP) is 1.98. The van der Waals surface area contributed by atoms with Gasteiger partial charge in [-0.2, -0.15) is 8.42 Å². The summed E-state index contributed by atoms with van der Waals surface area (Å²) in [6, 6.07) is 12.9. The van der Waals surface area contributed by atoms with Crippen LogP contribution in [0.15, 0.2) is 69.6 Å². The Morgan fingerprint density at radius 3 is 2.36 bits per heavy atom. The fraction of sp³-hybridized carbons (Fsp3) is 0.150. The quantitative estimate of drug-likeness (QED) is 0.568. The fourth-order valence-corrected chi connectivity index (χ4v) is 3.72. The summed E-state index contributed by atoms with van der Waals surface area (Å²) < 4.78 is 28.1. The largest absolute Gasteiger partial charge is 0.386 e. The van der Waals surface area contributed by atoms with E-state index in [1.165, 1.54) is 18.2 Å². The Morgan fingerprint density at radius 2 is 1.68 bits per heavy atom. The second-order valence-electron chi connectivity index (χ2n) is 6.34. The summed E-state index contributed by atoms with van der Waals surface area (Å²) in [7, 11) is -3.89. The van der Waals surface area contributed by atoms with Gasteiger partial charge in [-0.25, -0.2) is 0 Å². The number of amidine groups is 1. The number of ketones is 2. The highest BCUT2D eigenvalue weighted by Crippen LogP contribution is 2.19. The van der Waals surface area contributed by atoms with Crippen molar-refractivity contribution in [2.24, 2.45) is 10.1 Å². The van der Waals surface area contributed by atoms with Crippen molar-refractivity contribution < 1.29 is 18.0 Å². The van der Waals surface area contributed by atoms with Crippen molar-refractivity contribution in [1.82, 2.24) is 5.32 Å². The molecule has 2 aromatic carbocycles. The van der Waals surface area contributed by atoms with Crippen LogP contribution < -0.4 is 11.1 Å². The van der Waals surface area contributed by atoms with Crippen LogP contribution in [0.4, 0.5) is 0 Å². The van der Waals surface area contributed by atoms with Crippen LogP contribution in [0.2, 0.25) is 0 Å². The molecular formula is C20H19N3O4S. The lowest BCUT2D eigenvalue weighted by atomic mass is 9.93. The van der Waals surface area contributed by atoms with E-state index in [0.29, 0.717) is 11.1 Å². The normalized spacial score (nSPS) is 14.5. The molecule has 0 amide bonds. The number of benzene rings is 2. The number of hydrogen-bond acceptors (Lipinski definition) is 5. The predicted molar refractivity (Wildman–Crippen MR) is 106 cm³/mol. The number of sulfonamides is 1.